The van der Waals surface area contributed by atoms with Crippen molar-refractivity contribution in [3.63, 3.8) is 0 Å². The van der Waals surface area contributed by atoms with E-state index in [-0.39, 0.29) is 18.1 Å². The van der Waals surface area contributed by atoms with Gasteiger partial charge in [0.2, 0.25) is 5.71 Å². The summed E-state index contributed by atoms with van der Waals surface area (Å²) in [5.74, 6) is -0.822. The van der Waals surface area contributed by atoms with E-state index in [1.807, 2.05) is 0 Å². The van der Waals surface area contributed by atoms with Crippen molar-refractivity contribution in [2.75, 3.05) is 12.0 Å². The second kappa shape index (κ2) is 6.91. The number of nitriles is 1. The van der Waals surface area contributed by atoms with Crippen molar-refractivity contribution < 1.29 is 14.3 Å². The summed E-state index contributed by atoms with van der Waals surface area (Å²) in [4.78, 5) is 22.4. The highest BCUT2D eigenvalue weighted by atomic mass is 16.5. The van der Waals surface area contributed by atoms with Crippen molar-refractivity contribution in [3.05, 3.63) is 29.8 Å². The minimum atomic E-state index is -0.780. The number of ketones is 1. The minimum Gasteiger partial charge on any atom is -0.461 e. The van der Waals surface area contributed by atoms with Crippen LogP contribution in [0.2, 0.25) is 0 Å². The number of ether oxygens (including phenoxy) is 1. The van der Waals surface area contributed by atoms with E-state index < -0.39 is 5.97 Å². The van der Waals surface area contributed by atoms with E-state index in [1.165, 1.54) is 6.92 Å². The Morgan fingerprint density at radius 1 is 1.37 bits per heavy atom. The van der Waals surface area contributed by atoms with Crippen molar-refractivity contribution >= 4 is 23.2 Å². The third-order valence-electron chi connectivity index (χ3n) is 2.16. The van der Waals surface area contributed by atoms with E-state index in [1.54, 1.807) is 37.3 Å². The Balaban J connectivity index is 2.76. The van der Waals surface area contributed by atoms with Gasteiger partial charge >= 0.3 is 5.97 Å². The summed E-state index contributed by atoms with van der Waals surface area (Å²) < 4.78 is 4.66. The molecule has 98 valence electrons. The first-order valence-corrected chi connectivity index (χ1v) is 5.60. The predicted octanol–water partition coefficient (Wildman–Crippen LogP) is 1.74. The highest BCUT2D eigenvalue weighted by Crippen LogP contribution is 2.09. The van der Waals surface area contributed by atoms with Crippen molar-refractivity contribution in [1.82, 2.24) is 0 Å². The summed E-state index contributed by atoms with van der Waals surface area (Å²) in [7, 11) is 0. The predicted molar refractivity (Wildman–Crippen MR) is 69.8 cm³/mol. The monoisotopic (exact) mass is 259 g/mol. The van der Waals surface area contributed by atoms with E-state index in [4.69, 9.17) is 5.26 Å². The zero-order valence-electron chi connectivity index (χ0n) is 10.6. The van der Waals surface area contributed by atoms with Crippen LogP contribution in [0.1, 0.15) is 24.2 Å². The molecule has 0 aliphatic rings. The van der Waals surface area contributed by atoms with Crippen LogP contribution >= 0.6 is 0 Å². The molecule has 0 spiro atoms. The molecule has 6 heteroatoms. The molecule has 0 radical (unpaired) electrons. The molecule has 1 N–H and O–H groups in total. The molecule has 0 aliphatic heterocycles. The number of anilines is 1. The summed E-state index contributed by atoms with van der Waals surface area (Å²) >= 11 is 0. The van der Waals surface area contributed by atoms with E-state index in [0.29, 0.717) is 11.3 Å². The maximum absolute atomic E-state index is 11.3. The molecule has 0 amide bonds. The first-order valence-electron chi connectivity index (χ1n) is 5.60. The lowest BCUT2D eigenvalue weighted by atomic mass is 10.1. The maximum Gasteiger partial charge on any atom is 0.369 e. The van der Waals surface area contributed by atoms with Crippen molar-refractivity contribution in [2.24, 2.45) is 5.10 Å². The molecule has 0 unspecified atom stereocenters. The number of esters is 1. The topological polar surface area (TPSA) is 91.6 Å². The van der Waals surface area contributed by atoms with Crippen LogP contribution in [0.4, 0.5) is 5.69 Å². The van der Waals surface area contributed by atoms with Gasteiger partial charge in [-0.05, 0) is 38.1 Å². The average Bonchev–Trinajstić information content (AvgIpc) is 2.40. The second-order valence-electron chi connectivity index (χ2n) is 3.54. The normalized spacial score (nSPS) is 10.5. The van der Waals surface area contributed by atoms with Gasteiger partial charge in [0.05, 0.1) is 12.3 Å². The van der Waals surface area contributed by atoms with E-state index in [9.17, 15) is 9.59 Å². The molecule has 1 rings (SSSR count). The highest BCUT2D eigenvalue weighted by molar-refractivity contribution is 6.43. The van der Waals surface area contributed by atoms with Gasteiger partial charge in [-0.25, -0.2) is 4.79 Å². The van der Waals surface area contributed by atoms with E-state index in [2.05, 4.69) is 15.3 Å². The number of carbonyl (C=O) groups excluding carboxylic acids is 2. The van der Waals surface area contributed by atoms with Crippen LogP contribution < -0.4 is 5.43 Å². The molecule has 0 aliphatic carbocycles. The van der Waals surface area contributed by atoms with Gasteiger partial charge in [0, 0.05) is 5.56 Å². The van der Waals surface area contributed by atoms with Gasteiger partial charge in [-0.3, -0.25) is 10.2 Å². The summed E-state index contributed by atoms with van der Waals surface area (Å²) in [5, 5.41) is 12.4. The number of nitrogens with one attached hydrogen (secondary N) is 1. The van der Waals surface area contributed by atoms with Gasteiger partial charge in [0.15, 0.2) is 5.78 Å². The molecule has 0 atom stereocenters. The van der Waals surface area contributed by atoms with Crippen molar-refractivity contribution in [1.29, 1.82) is 5.26 Å². The van der Waals surface area contributed by atoms with Crippen LogP contribution in [-0.2, 0) is 9.53 Å². The zero-order chi connectivity index (χ0) is 14.3. The number of hydrazone groups is 1. The van der Waals surface area contributed by atoms with Gasteiger partial charge in [-0.15, -0.1) is 0 Å². The lowest BCUT2D eigenvalue weighted by molar-refractivity contribution is -0.134. The summed E-state index contributed by atoms with van der Waals surface area (Å²) in [6.45, 7) is 3.28. The molecule has 19 heavy (non-hydrogen) atoms. The molecule has 0 saturated heterocycles. The van der Waals surface area contributed by atoms with Gasteiger partial charge in [-0.1, -0.05) is 0 Å². The Labute approximate surface area is 110 Å². The largest absolute Gasteiger partial charge is 0.461 e. The molecule has 0 heterocycles. The molecular weight excluding hydrogens is 246 g/mol. The third kappa shape index (κ3) is 4.24. The van der Waals surface area contributed by atoms with E-state index in [0.717, 1.165) is 0 Å². The Kier molecular flexibility index (Phi) is 5.23. The molecule has 0 aromatic heterocycles. The summed E-state index contributed by atoms with van der Waals surface area (Å²) in [6.07, 6.45) is 0. The number of rotatable bonds is 5. The Hall–Kier alpha value is -2.68. The standard InChI is InChI=1S/C13H13N3O3/c1-3-19-13(18)12(8-14)16-15-11-6-4-10(5-7-11)9(2)17/h4-7,15H,3H2,1-2H3/b16-12-. The Morgan fingerprint density at radius 3 is 2.47 bits per heavy atom. The average molecular weight is 259 g/mol. The molecule has 0 fully saturated rings. The lowest BCUT2D eigenvalue weighted by Crippen LogP contribution is -2.17. The Bertz CT molecular complexity index is 541. The fraction of sp³-hybridized carbons (Fsp3) is 0.231. The molecular formula is C13H13N3O3. The van der Waals surface area contributed by atoms with Crippen LogP contribution in [0.3, 0.4) is 0 Å². The fourth-order valence-electron chi connectivity index (χ4n) is 1.22. The van der Waals surface area contributed by atoms with Crippen molar-refractivity contribution in [2.45, 2.75) is 13.8 Å². The lowest BCUT2D eigenvalue weighted by Gasteiger charge is -2.02. The SMILES string of the molecule is CCOC(=O)/C(C#N)=N\Nc1ccc(C(C)=O)cc1. The minimum absolute atomic E-state index is 0.0423. The van der Waals surface area contributed by atoms with Crippen LogP contribution in [0.15, 0.2) is 29.4 Å². The van der Waals surface area contributed by atoms with Gasteiger partial charge in [0.1, 0.15) is 6.07 Å². The van der Waals surface area contributed by atoms with E-state index >= 15 is 0 Å². The van der Waals surface area contributed by atoms with Crippen LogP contribution in [0.5, 0.6) is 0 Å². The number of hydrogen-bond acceptors (Lipinski definition) is 6. The Morgan fingerprint density at radius 2 is 2.00 bits per heavy atom. The maximum atomic E-state index is 11.3. The molecule has 0 saturated carbocycles. The third-order valence-corrected chi connectivity index (χ3v) is 2.16. The molecule has 1 aromatic rings. The first kappa shape index (κ1) is 14.4. The fourth-order valence-corrected chi connectivity index (χ4v) is 1.22. The molecule has 1 aromatic carbocycles. The van der Waals surface area contributed by atoms with Crippen LogP contribution in [0.25, 0.3) is 0 Å². The second-order valence-corrected chi connectivity index (χ2v) is 3.54. The zero-order valence-corrected chi connectivity index (χ0v) is 10.6. The quantitative estimate of drug-likeness (QED) is 0.376. The summed E-state index contributed by atoms with van der Waals surface area (Å²) in [5.41, 5.74) is 3.32. The number of nitrogens with zero attached hydrogens (tertiary/aromatic N) is 2. The number of Topliss-reactive ketones (excluding diaryl/α,β-unsaturated/α-hetero) is 1. The number of carbonyl (C=O) groups is 2. The van der Waals surface area contributed by atoms with Crippen molar-refractivity contribution in [3.8, 4) is 6.07 Å². The van der Waals surface area contributed by atoms with Gasteiger partial charge in [-0.2, -0.15) is 10.4 Å². The van der Waals surface area contributed by atoms with Crippen LogP contribution in [-0.4, -0.2) is 24.1 Å². The van der Waals surface area contributed by atoms with Crippen LogP contribution in [0, 0.1) is 11.3 Å². The number of benzene rings is 1. The molecule has 0 bridgehead atoms. The molecule has 6 nitrogen and oxygen atoms in total. The number of hydrogen-bond donors (Lipinski definition) is 1. The smallest absolute Gasteiger partial charge is 0.369 e. The first-order chi connectivity index (χ1) is 9.08. The van der Waals surface area contributed by atoms with Gasteiger partial charge in [0.25, 0.3) is 0 Å². The summed E-state index contributed by atoms with van der Waals surface area (Å²) in [6, 6.07) is 8.14. The highest BCUT2D eigenvalue weighted by Gasteiger charge is 2.11. The van der Waals surface area contributed by atoms with Gasteiger partial charge < -0.3 is 4.74 Å².